The van der Waals surface area contributed by atoms with Gasteiger partial charge in [-0.3, -0.25) is 0 Å². The predicted octanol–water partition coefficient (Wildman–Crippen LogP) is 3.83. The molecule has 3 aromatic rings. The van der Waals surface area contributed by atoms with Gasteiger partial charge in [0, 0.05) is 32.4 Å². The second kappa shape index (κ2) is 8.08. The Morgan fingerprint density at radius 2 is 1.68 bits per heavy atom. The fourth-order valence-electron chi connectivity index (χ4n) is 3.15. The lowest BCUT2D eigenvalue weighted by molar-refractivity contribution is 0.642. The minimum atomic E-state index is 0.424. The van der Waals surface area contributed by atoms with Crippen molar-refractivity contribution in [2.24, 2.45) is 0 Å². The van der Waals surface area contributed by atoms with E-state index in [9.17, 15) is 0 Å². The topological polar surface area (TPSA) is 83.2 Å². The molecule has 0 aliphatic carbocycles. The van der Waals surface area contributed by atoms with Gasteiger partial charge in [0.2, 0.25) is 0 Å². The predicted molar refractivity (Wildman–Crippen MR) is 115 cm³/mol. The number of aromatic nitrogens is 3. The average molecular weight is 416 g/mol. The average Bonchev–Trinajstić information content (AvgIpc) is 2.74. The van der Waals surface area contributed by atoms with E-state index in [0.717, 1.165) is 32.0 Å². The summed E-state index contributed by atoms with van der Waals surface area (Å²) in [7, 11) is 0. The zero-order valence-corrected chi connectivity index (χ0v) is 16.5. The van der Waals surface area contributed by atoms with E-state index in [-0.39, 0.29) is 0 Å². The second-order valence-corrected chi connectivity index (χ2v) is 7.13. The Morgan fingerprint density at radius 3 is 2.43 bits per heavy atom. The lowest BCUT2D eigenvalue weighted by Crippen LogP contribution is -2.47. The molecule has 1 aliphatic heterocycles. The Morgan fingerprint density at radius 1 is 0.893 bits per heavy atom. The molecule has 0 spiro atoms. The number of nitrogens with two attached hydrogens (primary N) is 1. The number of benzene rings is 1. The van der Waals surface area contributed by atoms with Gasteiger partial charge in [-0.1, -0.05) is 35.3 Å². The van der Waals surface area contributed by atoms with E-state index >= 15 is 0 Å². The summed E-state index contributed by atoms with van der Waals surface area (Å²) in [5.74, 6) is 2.19. The molecule has 7 nitrogen and oxygen atoms in total. The standard InChI is InChI=1S/C19H19Cl2N7/c20-13-4-3-5-14(16(13)21)26-18-17(22)19(25-12-24-18)28-10-8-27(9-11-28)15-6-1-2-7-23-15/h1-7,12H,8-11,22H2,(H,24,25,26). The molecule has 0 atom stereocenters. The van der Waals surface area contributed by atoms with Gasteiger partial charge in [-0.25, -0.2) is 15.0 Å². The highest BCUT2D eigenvalue weighted by Crippen LogP contribution is 2.34. The van der Waals surface area contributed by atoms with Crippen LogP contribution in [0.15, 0.2) is 48.9 Å². The van der Waals surface area contributed by atoms with Gasteiger partial charge in [0.1, 0.15) is 17.8 Å². The first-order chi connectivity index (χ1) is 13.6. The van der Waals surface area contributed by atoms with Gasteiger partial charge in [-0.2, -0.15) is 0 Å². The van der Waals surface area contributed by atoms with Crippen molar-refractivity contribution >= 4 is 52.0 Å². The van der Waals surface area contributed by atoms with Crippen molar-refractivity contribution in [3.63, 3.8) is 0 Å². The molecule has 0 saturated carbocycles. The molecular formula is C19H19Cl2N7. The highest BCUT2D eigenvalue weighted by molar-refractivity contribution is 6.43. The van der Waals surface area contributed by atoms with Crippen LogP contribution in [-0.4, -0.2) is 41.1 Å². The van der Waals surface area contributed by atoms with E-state index in [4.69, 9.17) is 28.9 Å². The molecule has 1 saturated heterocycles. The molecule has 28 heavy (non-hydrogen) atoms. The highest BCUT2D eigenvalue weighted by atomic mass is 35.5. The molecule has 9 heteroatoms. The van der Waals surface area contributed by atoms with E-state index in [1.165, 1.54) is 6.33 Å². The summed E-state index contributed by atoms with van der Waals surface area (Å²) < 4.78 is 0. The summed E-state index contributed by atoms with van der Waals surface area (Å²) >= 11 is 12.3. The van der Waals surface area contributed by atoms with Crippen LogP contribution in [0.2, 0.25) is 10.0 Å². The molecule has 144 valence electrons. The van der Waals surface area contributed by atoms with Crippen molar-refractivity contribution in [2.45, 2.75) is 0 Å². The Hall–Kier alpha value is -2.77. The van der Waals surface area contributed by atoms with Crippen molar-refractivity contribution in [3.8, 4) is 0 Å². The summed E-state index contributed by atoms with van der Waals surface area (Å²) in [4.78, 5) is 17.5. The maximum absolute atomic E-state index is 6.36. The Bertz CT molecular complexity index is 960. The number of pyridine rings is 1. The molecule has 3 heterocycles. The van der Waals surface area contributed by atoms with Crippen LogP contribution in [0.1, 0.15) is 0 Å². The number of nitrogens with one attached hydrogen (secondary N) is 1. The van der Waals surface area contributed by atoms with Gasteiger partial charge < -0.3 is 20.9 Å². The monoisotopic (exact) mass is 415 g/mol. The van der Waals surface area contributed by atoms with Gasteiger partial charge in [-0.15, -0.1) is 0 Å². The normalized spacial score (nSPS) is 14.2. The highest BCUT2D eigenvalue weighted by Gasteiger charge is 2.22. The first-order valence-corrected chi connectivity index (χ1v) is 9.61. The molecule has 1 aliphatic rings. The van der Waals surface area contributed by atoms with Gasteiger partial charge in [0.15, 0.2) is 11.6 Å². The van der Waals surface area contributed by atoms with Gasteiger partial charge in [0.25, 0.3) is 0 Å². The second-order valence-electron chi connectivity index (χ2n) is 6.35. The minimum absolute atomic E-state index is 0.424. The molecule has 3 N–H and O–H groups in total. The molecule has 4 rings (SSSR count). The lowest BCUT2D eigenvalue weighted by Gasteiger charge is -2.36. The van der Waals surface area contributed by atoms with Crippen molar-refractivity contribution in [2.75, 3.05) is 47.0 Å². The number of anilines is 5. The number of hydrogen-bond acceptors (Lipinski definition) is 7. The van der Waals surface area contributed by atoms with Gasteiger partial charge in [-0.05, 0) is 24.3 Å². The van der Waals surface area contributed by atoms with E-state index in [0.29, 0.717) is 33.1 Å². The number of halogens is 2. The molecule has 0 unspecified atom stereocenters. The number of nitrogen functional groups attached to an aromatic ring is 1. The SMILES string of the molecule is Nc1c(Nc2cccc(Cl)c2Cl)ncnc1N1CCN(c2ccccn2)CC1. The smallest absolute Gasteiger partial charge is 0.159 e. The van der Waals surface area contributed by atoms with Crippen molar-refractivity contribution < 1.29 is 0 Å². The van der Waals surface area contributed by atoms with Crippen LogP contribution in [0, 0.1) is 0 Å². The van der Waals surface area contributed by atoms with Gasteiger partial charge >= 0.3 is 0 Å². The molecule has 0 amide bonds. The fraction of sp³-hybridized carbons (Fsp3) is 0.211. The molecule has 1 aromatic carbocycles. The van der Waals surface area contributed by atoms with Crippen molar-refractivity contribution in [1.29, 1.82) is 0 Å². The largest absolute Gasteiger partial charge is 0.393 e. The summed E-state index contributed by atoms with van der Waals surface area (Å²) in [5, 5.41) is 4.04. The third kappa shape index (κ3) is 3.76. The van der Waals surface area contributed by atoms with Crippen LogP contribution >= 0.6 is 23.2 Å². The third-order valence-corrected chi connectivity index (χ3v) is 5.44. The minimum Gasteiger partial charge on any atom is -0.393 e. The first kappa shape index (κ1) is 18.6. The van der Waals surface area contributed by atoms with E-state index in [2.05, 4.69) is 30.1 Å². The van der Waals surface area contributed by atoms with E-state index in [1.807, 2.05) is 36.5 Å². The van der Waals surface area contributed by atoms with Crippen LogP contribution in [0.3, 0.4) is 0 Å². The molecule has 0 radical (unpaired) electrons. The third-order valence-electron chi connectivity index (χ3n) is 4.62. The first-order valence-electron chi connectivity index (χ1n) is 8.86. The van der Waals surface area contributed by atoms with E-state index in [1.54, 1.807) is 6.07 Å². The summed E-state index contributed by atoms with van der Waals surface area (Å²) in [6.07, 6.45) is 3.31. The molecule has 0 bridgehead atoms. The molecule has 1 fully saturated rings. The number of hydrogen-bond donors (Lipinski definition) is 2. The lowest BCUT2D eigenvalue weighted by atomic mass is 10.2. The fourth-order valence-corrected chi connectivity index (χ4v) is 3.50. The van der Waals surface area contributed by atoms with Crippen LogP contribution in [0.25, 0.3) is 0 Å². The van der Waals surface area contributed by atoms with Crippen LogP contribution in [-0.2, 0) is 0 Å². The Labute approximate surface area is 173 Å². The zero-order valence-electron chi connectivity index (χ0n) is 15.0. The summed E-state index contributed by atoms with van der Waals surface area (Å²) in [5.41, 5.74) is 7.49. The maximum Gasteiger partial charge on any atom is 0.159 e. The Balaban J connectivity index is 1.50. The van der Waals surface area contributed by atoms with Crippen LogP contribution < -0.4 is 20.9 Å². The number of piperazine rings is 1. The van der Waals surface area contributed by atoms with Gasteiger partial charge in [0.05, 0.1) is 15.7 Å². The molecular weight excluding hydrogens is 397 g/mol. The van der Waals surface area contributed by atoms with Crippen molar-refractivity contribution in [1.82, 2.24) is 15.0 Å². The van der Waals surface area contributed by atoms with Crippen LogP contribution in [0.5, 0.6) is 0 Å². The zero-order chi connectivity index (χ0) is 19.5. The summed E-state index contributed by atoms with van der Waals surface area (Å²) in [6.45, 7) is 3.25. The number of nitrogens with zero attached hydrogens (tertiary/aromatic N) is 5. The van der Waals surface area contributed by atoms with E-state index < -0.39 is 0 Å². The summed E-state index contributed by atoms with van der Waals surface area (Å²) in [6, 6.07) is 11.3. The van der Waals surface area contributed by atoms with Crippen molar-refractivity contribution in [3.05, 3.63) is 59.0 Å². The number of rotatable bonds is 4. The maximum atomic E-state index is 6.36. The molecule has 2 aromatic heterocycles. The van der Waals surface area contributed by atoms with Crippen LogP contribution in [0.4, 0.5) is 28.8 Å². The quantitative estimate of drug-likeness (QED) is 0.669. The Kier molecular flexibility index (Phi) is 5.36.